The average Bonchev–Trinajstić information content (AvgIpc) is 2.67. The first kappa shape index (κ1) is 21.2. The average molecular weight is 416 g/mol. The van der Waals surface area contributed by atoms with E-state index in [1.807, 2.05) is 31.2 Å². The fraction of sp³-hybridized carbons (Fsp3) is 0.182. The van der Waals surface area contributed by atoms with Crippen molar-refractivity contribution in [2.75, 3.05) is 7.05 Å². The maximum atomic E-state index is 12.7. The molecule has 0 saturated heterocycles. The molecule has 0 unspecified atom stereocenters. The molecule has 0 atom stereocenters. The summed E-state index contributed by atoms with van der Waals surface area (Å²) in [6, 6.07) is 16.1. The predicted molar refractivity (Wildman–Crippen MR) is 106 cm³/mol. The van der Waals surface area contributed by atoms with Crippen molar-refractivity contribution in [3.05, 3.63) is 87.7 Å². The summed E-state index contributed by atoms with van der Waals surface area (Å²) >= 11 is 0. The van der Waals surface area contributed by atoms with Crippen LogP contribution in [0, 0.1) is 6.92 Å². The highest BCUT2D eigenvalue weighted by atomic mass is 19.4. The summed E-state index contributed by atoms with van der Waals surface area (Å²) in [4.78, 5) is 29.0. The molecule has 0 bridgehead atoms. The van der Waals surface area contributed by atoms with Gasteiger partial charge in [0.25, 0.3) is 11.5 Å². The fourth-order valence-electron chi connectivity index (χ4n) is 3.01. The topological polar surface area (TPSA) is 62.4 Å². The molecule has 0 saturated carbocycles. The van der Waals surface area contributed by atoms with E-state index >= 15 is 0 Å². The summed E-state index contributed by atoms with van der Waals surface area (Å²) < 4.78 is 41.8. The molecule has 0 aliphatic heterocycles. The van der Waals surface area contributed by atoms with E-state index in [1.165, 1.54) is 31.3 Å². The number of benzene rings is 2. The predicted octanol–water partition coefficient (Wildman–Crippen LogP) is 4.52. The van der Waals surface area contributed by atoms with Crippen molar-refractivity contribution in [2.45, 2.75) is 19.8 Å². The van der Waals surface area contributed by atoms with Gasteiger partial charge in [0, 0.05) is 24.8 Å². The summed E-state index contributed by atoms with van der Waals surface area (Å²) in [7, 11) is 1.40. The summed E-state index contributed by atoms with van der Waals surface area (Å²) in [5.41, 5.74) is 1.87. The van der Waals surface area contributed by atoms with E-state index in [2.05, 4.69) is 9.72 Å². The van der Waals surface area contributed by atoms with Gasteiger partial charge in [-0.25, -0.2) is 0 Å². The van der Waals surface area contributed by atoms with Crippen LogP contribution in [0.4, 0.5) is 13.2 Å². The number of nitrogens with one attached hydrogen (secondary N) is 1. The van der Waals surface area contributed by atoms with E-state index in [-0.39, 0.29) is 17.7 Å². The van der Waals surface area contributed by atoms with Crippen LogP contribution in [0.25, 0.3) is 11.3 Å². The lowest BCUT2D eigenvalue weighted by Gasteiger charge is -2.19. The van der Waals surface area contributed by atoms with Gasteiger partial charge in [-0.1, -0.05) is 42.0 Å². The van der Waals surface area contributed by atoms with Gasteiger partial charge in [0.2, 0.25) is 0 Å². The lowest BCUT2D eigenvalue weighted by Crippen LogP contribution is -2.31. The molecule has 156 valence electrons. The number of aryl methyl sites for hydroxylation is 1. The highest BCUT2D eigenvalue weighted by Gasteiger charge is 2.32. The number of pyridine rings is 1. The zero-order chi connectivity index (χ0) is 21.9. The van der Waals surface area contributed by atoms with Gasteiger partial charge in [-0.15, -0.1) is 13.2 Å². The van der Waals surface area contributed by atoms with E-state index in [9.17, 15) is 22.8 Å². The van der Waals surface area contributed by atoms with Gasteiger partial charge >= 0.3 is 6.36 Å². The van der Waals surface area contributed by atoms with E-state index in [0.29, 0.717) is 5.69 Å². The molecule has 0 aliphatic rings. The molecular formula is C22H19F3N2O3. The van der Waals surface area contributed by atoms with Crippen molar-refractivity contribution in [3.63, 3.8) is 0 Å². The van der Waals surface area contributed by atoms with Gasteiger partial charge in [-0.05, 0) is 36.8 Å². The molecule has 1 aromatic heterocycles. The quantitative estimate of drug-likeness (QED) is 0.665. The number of rotatable bonds is 5. The number of H-pyrrole nitrogens is 1. The van der Waals surface area contributed by atoms with Gasteiger partial charge in [0.05, 0.1) is 0 Å². The Hall–Kier alpha value is -3.55. The number of carbonyl (C=O) groups is 1. The van der Waals surface area contributed by atoms with Gasteiger partial charge in [-0.3, -0.25) is 9.59 Å². The van der Waals surface area contributed by atoms with Crippen LogP contribution < -0.4 is 10.3 Å². The van der Waals surface area contributed by atoms with Gasteiger partial charge in [0.15, 0.2) is 0 Å². The molecule has 2 aromatic carbocycles. The van der Waals surface area contributed by atoms with Crippen LogP contribution in [-0.4, -0.2) is 29.2 Å². The number of halogens is 3. The number of alkyl halides is 3. The Labute approximate surface area is 170 Å². The van der Waals surface area contributed by atoms with Crippen LogP contribution >= 0.6 is 0 Å². The van der Waals surface area contributed by atoms with Crippen molar-refractivity contribution in [1.29, 1.82) is 0 Å². The lowest BCUT2D eigenvalue weighted by atomic mass is 10.1. The highest BCUT2D eigenvalue weighted by Crippen LogP contribution is 2.27. The molecule has 1 amide bonds. The van der Waals surface area contributed by atoms with Crippen LogP contribution in [0.15, 0.2) is 65.5 Å². The minimum atomic E-state index is -4.85. The van der Waals surface area contributed by atoms with Gasteiger partial charge in [-0.2, -0.15) is 0 Å². The maximum absolute atomic E-state index is 12.7. The summed E-state index contributed by atoms with van der Waals surface area (Å²) in [6.07, 6.45) is -4.85. The number of ether oxygens (including phenoxy) is 1. The molecule has 3 aromatic rings. The first-order chi connectivity index (χ1) is 14.1. The second-order valence-corrected chi connectivity index (χ2v) is 6.80. The second-order valence-electron chi connectivity index (χ2n) is 6.80. The number of nitrogens with zero attached hydrogens (tertiary/aromatic N) is 1. The molecule has 1 N–H and O–H groups in total. The number of aromatic amines is 1. The Morgan fingerprint density at radius 2 is 1.80 bits per heavy atom. The van der Waals surface area contributed by atoms with Crippen LogP contribution in [0.5, 0.6) is 5.75 Å². The Balaban J connectivity index is 1.81. The fourth-order valence-corrected chi connectivity index (χ4v) is 3.01. The van der Waals surface area contributed by atoms with E-state index in [1.54, 1.807) is 12.1 Å². The smallest absolute Gasteiger partial charge is 0.405 e. The molecule has 0 spiro atoms. The first-order valence-electron chi connectivity index (χ1n) is 9.03. The van der Waals surface area contributed by atoms with Crippen LogP contribution in [0.3, 0.4) is 0 Å². The molecule has 0 radical (unpaired) electrons. The van der Waals surface area contributed by atoms with Crippen LogP contribution in [0.1, 0.15) is 21.5 Å². The molecular weight excluding hydrogens is 397 g/mol. The van der Waals surface area contributed by atoms with Crippen LogP contribution in [0.2, 0.25) is 0 Å². The monoisotopic (exact) mass is 416 g/mol. The van der Waals surface area contributed by atoms with Crippen molar-refractivity contribution >= 4 is 5.91 Å². The number of para-hydroxylation sites is 1. The molecule has 0 aliphatic carbocycles. The van der Waals surface area contributed by atoms with Crippen molar-refractivity contribution in [1.82, 2.24) is 9.88 Å². The van der Waals surface area contributed by atoms with Crippen molar-refractivity contribution < 1.29 is 22.7 Å². The molecule has 30 heavy (non-hydrogen) atoms. The van der Waals surface area contributed by atoms with Crippen LogP contribution in [-0.2, 0) is 6.54 Å². The lowest BCUT2D eigenvalue weighted by molar-refractivity contribution is -0.275. The Morgan fingerprint density at radius 1 is 1.07 bits per heavy atom. The number of carbonyl (C=O) groups excluding carboxylic acids is 1. The molecule has 1 heterocycles. The number of hydrogen-bond donors (Lipinski definition) is 1. The van der Waals surface area contributed by atoms with E-state index < -0.39 is 23.6 Å². The summed E-state index contributed by atoms with van der Waals surface area (Å²) in [5.74, 6) is -1.01. The molecule has 0 fully saturated rings. The molecule has 8 heteroatoms. The first-order valence-corrected chi connectivity index (χ1v) is 9.03. The second kappa shape index (κ2) is 8.44. The van der Waals surface area contributed by atoms with Crippen molar-refractivity contribution in [2.24, 2.45) is 0 Å². The van der Waals surface area contributed by atoms with Gasteiger partial charge in [0.1, 0.15) is 11.3 Å². The minimum Gasteiger partial charge on any atom is -0.405 e. The maximum Gasteiger partial charge on any atom is 0.573 e. The van der Waals surface area contributed by atoms with E-state index in [0.717, 1.165) is 16.0 Å². The number of aromatic nitrogens is 1. The van der Waals surface area contributed by atoms with Crippen molar-refractivity contribution in [3.8, 4) is 17.0 Å². The minimum absolute atomic E-state index is 0.108. The normalized spacial score (nSPS) is 11.2. The third-order valence-corrected chi connectivity index (χ3v) is 4.42. The Kier molecular flexibility index (Phi) is 5.96. The SMILES string of the molecule is Cc1cccc(-c2ccc(C(=O)N(C)Cc3ccccc3OC(F)(F)F)c(=O)[nH]2)c1. The molecule has 3 rings (SSSR count). The summed E-state index contributed by atoms with van der Waals surface area (Å²) in [5, 5.41) is 0. The largest absolute Gasteiger partial charge is 0.573 e. The van der Waals surface area contributed by atoms with E-state index in [4.69, 9.17) is 0 Å². The number of hydrogen-bond acceptors (Lipinski definition) is 3. The third kappa shape index (κ3) is 5.08. The molecule has 5 nitrogen and oxygen atoms in total. The Bertz CT molecular complexity index is 1120. The zero-order valence-corrected chi connectivity index (χ0v) is 16.3. The zero-order valence-electron chi connectivity index (χ0n) is 16.3. The number of amides is 1. The van der Waals surface area contributed by atoms with Gasteiger partial charge < -0.3 is 14.6 Å². The Morgan fingerprint density at radius 3 is 2.47 bits per heavy atom. The highest BCUT2D eigenvalue weighted by molar-refractivity contribution is 5.94. The summed E-state index contributed by atoms with van der Waals surface area (Å²) in [6.45, 7) is 1.76. The standard InChI is InChI=1S/C22H19F3N2O3/c1-14-6-5-8-15(12-14)18-11-10-17(20(28)26-18)21(29)27(2)13-16-7-3-4-9-19(16)30-22(23,24)25/h3-12H,13H2,1-2H3,(H,26,28). The third-order valence-electron chi connectivity index (χ3n) is 4.42.